The average Bonchev–Trinajstić information content (AvgIpc) is 2.36. The van der Waals surface area contributed by atoms with Crippen molar-refractivity contribution in [3.05, 3.63) is 0 Å². The Balaban J connectivity index is 2.52. The number of urea groups is 1. The lowest BCUT2D eigenvalue weighted by Gasteiger charge is -2.39. The van der Waals surface area contributed by atoms with Gasteiger partial charge in [-0.1, -0.05) is 19.8 Å². The van der Waals surface area contributed by atoms with Crippen molar-refractivity contribution < 1.29 is 23.1 Å². The second-order valence-electron chi connectivity index (χ2n) is 5.79. The molecule has 21 heavy (non-hydrogen) atoms. The molecule has 3 N–H and O–H groups in total. The van der Waals surface area contributed by atoms with E-state index in [1.807, 2.05) is 6.92 Å². The fraction of sp³-hybridized carbons (Fsp3) is 0.846. The van der Waals surface area contributed by atoms with Crippen LogP contribution in [0.1, 0.15) is 39.0 Å². The van der Waals surface area contributed by atoms with Crippen LogP contribution in [0.5, 0.6) is 0 Å². The number of nitrogens with one attached hydrogen (secondary N) is 2. The third kappa shape index (κ3) is 5.18. The van der Waals surface area contributed by atoms with Gasteiger partial charge < -0.3 is 15.7 Å². The SMILES string of the molecule is CC1CCCCC1(NC(=O)NCCCS(C)(=O)=O)C(=O)O. The van der Waals surface area contributed by atoms with Crippen molar-refractivity contribution in [2.45, 2.75) is 44.6 Å². The number of aliphatic carboxylic acids is 1. The molecular weight excluding hydrogens is 296 g/mol. The second kappa shape index (κ2) is 7.11. The summed E-state index contributed by atoms with van der Waals surface area (Å²) >= 11 is 0. The second-order valence-corrected chi connectivity index (χ2v) is 8.05. The monoisotopic (exact) mass is 320 g/mol. The molecule has 7 nitrogen and oxygen atoms in total. The molecule has 8 heteroatoms. The minimum Gasteiger partial charge on any atom is -0.479 e. The van der Waals surface area contributed by atoms with Gasteiger partial charge >= 0.3 is 12.0 Å². The fourth-order valence-electron chi connectivity index (χ4n) is 2.69. The molecule has 0 aliphatic heterocycles. The van der Waals surface area contributed by atoms with Gasteiger partial charge in [-0.2, -0.15) is 0 Å². The number of carbonyl (C=O) groups excluding carboxylic acids is 1. The van der Waals surface area contributed by atoms with Crippen LogP contribution < -0.4 is 10.6 Å². The quantitative estimate of drug-likeness (QED) is 0.625. The first-order valence-corrected chi connectivity index (χ1v) is 9.20. The van der Waals surface area contributed by atoms with E-state index < -0.39 is 27.4 Å². The maximum Gasteiger partial charge on any atom is 0.329 e. The Morgan fingerprint density at radius 1 is 1.33 bits per heavy atom. The van der Waals surface area contributed by atoms with Crippen LogP contribution in [0, 0.1) is 5.92 Å². The van der Waals surface area contributed by atoms with Gasteiger partial charge in [-0.3, -0.25) is 0 Å². The molecule has 1 aliphatic rings. The summed E-state index contributed by atoms with van der Waals surface area (Å²) in [6.07, 6.45) is 4.36. The molecule has 2 unspecified atom stereocenters. The summed E-state index contributed by atoms with van der Waals surface area (Å²) in [6.45, 7) is 2.03. The summed E-state index contributed by atoms with van der Waals surface area (Å²) in [7, 11) is -3.05. The predicted octanol–water partition coefficient (Wildman–Crippen LogP) is 0.754. The molecule has 1 aliphatic carbocycles. The summed E-state index contributed by atoms with van der Waals surface area (Å²) in [5, 5.41) is 14.6. The van der Waals surface area contributed by atoms with Crippen molar-refractivity contribution in [2.75, 3.05) is 18.6 Å². The van der Waals surface area contributed by atoms with Gasteiger partial charge in [0.2, 0.25) is 0 Å². The van der Waals surface area contributed by atoms with E-state index in [0.29, 0.717) is 12.8 Å². The van der Waals surface area contributed by atoms with Crippen LogP contribution >= 0.6 is 0 Å². The van der Waals surface area contributed by atoms with E-state index >= 15 is 0 Å². The van der Waals surface area contributed by atoms with Crippen LogP contribution in [0.2, 0.25) is 0 Å². The van der Waals surface area contributed by atoms with Crippen molar-refractivity contribution in [1.82, 2.24) is 10.6 Å². The van der Waals surface area contributed by atoms with Gasteiger partial charge in [0.05, 0.1) is 5.75 Å². The lowest BCUT2D eigenvalue weighted by Crippen LogP contribution is -2.62. The van der Waals surface area contributed by atoms with Gasteiger partial charge in [-0.05, 0) is 25.2 Å². The van der Waals surface area contributed by atoms with Crippen molar-refractivity contribution in [3.63, 3.8) is 0 Å². The Morgan fingerprint density at radius 2 is 2.00 bits per heavy atom. The minimum atomic E-state index is -3.05. The van der Waals surface area contributed by atoms with E-state index in [4.69, 9.17) is 0 Å². The van der Waals surface area contributed by atoms with Crippen LogP contribution in [0.4, 0.5) is 4.79 Å². The molecule has 0 aromatic rings. The highest BCUT2D eigenvalue weighted by Gasteiger charge is 2.46. The van der Waals surface area contributed by atoms with E-state index in [0.717, 1.165) is 25.5 Å². The molecule has 1 fully saturated rings. The summed E-state index contributed by atoms with van der Waals surface area (Å²) in [5.74, 6) is -1.15. The smallest absolute Gasteiger partial charge is 0.329 e. The number of rotatable bonds is 6. The molecule has 0 aromatic heterocycles. The normalized spacial score (nSPS) is 26.1. The summed E-state index contributed by atoms with van der Waals surface area (Å²) in [4.78, 5) is 23.4. The number of hydrogen-bond donors (Lipinski definition) is 3. The van der Waals surface area contributed by atoms with Crippen LogP contribution in [-0.4, -0.2) is 49.6 Å². The lowest BCUT2D eigenvalue weighted by atomic mass is 9.73. The average molecular weight is 320 g/mol. The van der Waals surface area contributed by atoms with Crippen molar-refractivity contribution >= 4 is 21.8 Å². The summed E-state index contributed by atoms with van der Waals surface area (Å²) < 4.78 is 21.9. The molecule has 1 rings (SSSR count). The summed E-state index contributed by atoms with van der Waals surface area (Å²) in [5.41, 5.74) is -1.22. The molecule has 2 atom stereocenters. The third-order valence-corrected chi connectivity index (χ3v) is 5.03. The van der Waals surface area contributed by atoms with E-state index in [-0.39, 0.29) is 18.2 Å². The van der Waals surface area contributed by atoms with E-state index in [9.17, 15) is 23.1 Å². The zero-order chi connectivity index (χ0) is 16.1. The van der Waals surface area contributed by atoms with Gasteiger partial charge in [0.15, 0.2) is 0 Å². The molecule has 0 saturated heterocycles. The highest BCUT2D eigenvalue weighted by atomic mass is 32.2. The van der Waals surface area contributed by atoms with Gasteiger partial charge in [0, 0.05) is 12.8 Å². The van der Waals surface area contributed by atoms with Crippen LogP contribution in [0.3, 0.4) is 0 Å². The molecule has 0 aromatic carbocycles. The fourth-order valence-corrected chi connectivity index (χ4v) is 3.36. The highest BCUT2D eigenvalue weighted by Crippen LogP contribution is 2.33. The molecule has 0 bridgehead atoms. The first kappa shape index (κ1) is 17.7. The van der Waals surface area contributed by atoms with Crippen LogP contribution in [-0.2, 0) is 14.6 Å². The van der Waals surface area contributed by atoms with Gasteiger partial charge in [0.1, 0.15) is 15.4 Å². The van der Waals surface area contributed by atoms with Crippen molar-refractivity contribution in [3.8, 4) is 0 Å². The maximum absolute atomic E-state index is 11.9. The Hall–Kier alpha value is -1.31. The summed E-state index contributed by atoms with van der Waals surface area (Å²) in [6, 6.07) is -0.556. The van der Waals surface area contributed by atoms with Crippen LogP contribution in [0.25, 0.3) is 0 Å². The first-order chi connectivity index (χ1) is 9.67. The number of carbonyl (C=O) groups is 2. The minimum absolute atomic E-state index is 0.00619. The number of carboxylic acid groups (broad SMARTS) is 1. The van der Waals surface area contributed by atoms with Gasteiger partial charge in [0.25, 0.3) is 0 Å². The molecule has 2 amide bonds. The Bertz CT molecular complexity index is 491. The number of carboxylic acids is 1. The van der Waals surface area contributed by atoms with Gasteiger partial charge in [-0.25, -0.2) is 18.0 Å². The zero-order valence-electron chi connectivity index (χ0n) is 12.5. The highest BCUT2D eigenvalue weighted by molar-refractivity contribution is 7.90. The van der Waals surface area contributed by atoms with Crippen molar-refractivity contribution in [1.29, 1.82) is 0 Å². The van der Waals surface area contributed by atoms with E-state index in [1.165, 1.54) is 0 Å². The molecule has 0 spiro atoms. The van der Waals surface area contributed by atoms with Gasteiger partial charge in [-0.15, -0.1) is 0 Å². The first-order valence-electron chi connectivity index (χ1n) is 7.14. The number of sulfone groups is 1. The number of hydrogen-bond acceptors (Lipinski definition) is 4. The van der Waals surface area contributed by atoms with Crippen LogP contribution in [0.15, 0.2) is 0 Å². The van der Waals surface area contributed by atoms with E-state index in [2.05, 4.69) is 10.6 Å². The molecule has 0 radical (unpaired) electrons. The Kier molecular flexibility index (Phi) is 6.00. The lowest BCUT2D eigenvalue weighted by molar-refractivity contribution is -0.148. The molecular formula is C13H24N2O5S. The Labute approximate surface area is 125 Å². The molecule has 122 valence electrons. The third-order valence-electron chi connectivity index (χ3n) is 4.00. The molecule has 0 heterocycles. The van der Waals surface area contributed by atoms with E-state index in [1.54, 1.807) is 0 Å². The molecule has 1 saturated carbocycles. The Morgan fingerprint density at radius 3 is 2.52 bits per heavy atom. The maximum atomic E-state index is 11.9. The number of amides is 2. The zero-order valence-corrected chi connectivity index (χ0v) is 13.3. The largest absolute Gasteiger partial charge is 0.479 e. The standard InChI is InChI=1S/C13H24N2O5S/c1-10-6-3-4-7-13(10,11(16)17)15-12(18)14-8-5-9-21(2,19)20/h10H,3-9H2,1-2H3,(H,16,17)(H2,14,15,18). The van der Waals surface area contributed by atoms with Crippen molar-refractivity contribution in [2.24, 2.45) is 5.92 Å². The predicted molar refractivity (Wildman–Crippen MR) is 78.9 cm³/mol. The topological polar surface area (TPSA) is 113 Å².